The van der Waals surface area contributed by atoms with Crippen LogP contribution in [0.3, 0.4) is 0 Å². The van der Waals surface area contributed by atoms with E-state index in [9.17, 15) is 4.39 Å². The number of hydrogen-bond acceptors (Lipinski definition) is 6. The van der Waals surface area contributed by atoms with Crippen LogP contribution in [0.5, 0.6) is 11.5 Å². The van der Waals surface area contributed by atoms with Gasteiger partial charge in [-0.3, -0.25) is 0 Å². The highest BCUT2D eigenvalue weighted by Gasteiger charge is 2.15. The molecule has 0 amide bonds. The van der Waals surface area contributed by atoms with Gasteiger partial charge < -0.3 is 14.9 Å². The van der Waals surface area contributed by atoms with Crippen LogP contribution in [-0.4, -0.2) is 21.5 Å². The maximum atomic E-state index is 13.1. The predicted molar refractivity (Wildman–Crippen MR) is 142 cm³/mol. The summed E-state index contributed by atoms with van der Waals surface area (Å²) < 4.78 is 26.6. The lowest BCUT2D eigenvalue weighted by Crippen LogP contribution is -2.14. The maximum Gasteiger partial charge on any atom is 0.210 e. The van der Waals surface area contributed by atoms with Gasteiger partial charge in [0.1, 0.15) is 18.8 Å². The number of aromatic nitrogens is 3. The molecule has 1 heterocycles. The molecule has 11 heteroatoms. The van der Waals surface area contributed by atoms with E-state index in [0.717, 1.165) is 16.7 Å². The highest BCUT2D eigenvalue weighted by atomic mass is 35.5. The Labute approximate surface area is 227 Å². The zero-order valence-electron chi connectivity index (χ0n) is 19.2. The molecule has 1 aromatic heterocycles. The van der Waals surface area contributed by atoms with Crippen LogP contribution in [0.15, 0.2) is 66.1 Å². The van der Waals surface area contributed by atoms with Crippen molar-refractivity contribution in [1.82, 2.24) is 14.9 Å². The first-order valence-electron chi connectivity index (χ1n) is 11.0. The molecule has 0 unspecified atom stereocenters. The summed E-state index contributed by atoms with van der Waals surface area (Å²) in [6.45, 7) is 2.98. The van der Waals surface area contributed by atoms with Crippen LogP contribution in [0, 0.1) is 5.82 Å². The van der Waals surface area contributed by atoms with Gasteiger partial charge in [0.2, 0.25) is 5.16 Å². The molecule has 4 rings (SSSR count). The molecule has 0 aliphatic rings. The lowest BCUT2D eigenvalue weighted by molar-refractivity contribution is 0.269. The Morgan fingerprint density at radius 3 is 2.53 bits per heavy atom. The zero-order valence-corrected chi connectivity index (χ0v) is 22.3. The summed E-state index contributed by atoms with van der Waals surface area (Å²) in [7, 11) is 0. The standard InChI is InChI=1S/C25H22Cl3FN4O2S/c1-2-34-23-10-17(9-22(28)24(23)35-13-18-5-6-19(26)11-21(18)27)12-31-33-15-30-32-25(33)36-14-16-3-7-20(29)8-4-16/h3-11,15,31H,2,12-14H2,1H3. The molecule has 0 aliphatic heterocycles. The lowest BCUT2D eigenvalue weighted by Gasteiger charge is -2.16. The smallest absolute Gasteiger partial charge is 0.210 e. The van der Waals surface area contributed by atoms with Crippen molar-refractivity contribution in [3.05, 3.63) is 98.5 Å². The van der Waals surface area contributed by atoms with E-state index in [1.165, 1.54) is 23.9 Å². The van der Waals surface area contributed by atoms with E-state index < -0.39 is 0 Å². The maximum absolute atomic E-state index is 13.1. The number of rotatable bonds is 11. The van der Waals surface area contributed by atoms with Crippen molar-refractivity contribution in [3.8, 4) is 11.5 Å². The van der Waals surface area contributed by atoms with E-state index in [2.05, 4.69) is 15.6 Å². The zero-order chi connectivity index (χ0) is 25.5. The molecule has 188 valence electrons. The number of nitrogens with one attached hydrogen (secondary N) is 1. The Kier molecular flexibility index (Phi) is 9.20. The largest absolute Gasteiger partial charge is 0.490 e. The topological polar surface area (TPSA) is 61.2 Å². The molecular weight excluding hydrogens is 546 g/mol. The molecule has 0 saturated carbocycles. The number of ether oxygens (including phenoxy) is 2. The summed E-state index contributed by atoms with van der Waals surface area (Å²) in [4.78, 5) is 0. The molecule has 0 bridgehead atoms. The Morgan fingerprint density at radius 2 is 1.78 bits per heavy atom. The number of thioether (sulfide) groups is 1. The second-order valence-corrected chi connectivity index (χ2v) is 9.79. The van der Waals surface area contributed by atoms with Gasteiger partial charge in [0.05, 0.1) is 18.2 Å². The van der Waals surface area contributed by atoms with Crippen molar-refractivity contribution >= 4 is 46.6 Å². The van der Waals surface area contributed by atoms with Gasteiger partial charge in [-0.05, 0) is 54.4 Å². The summed E-state index contributed by atoms with van der Waals surface area (Å²) in [5, 5.41) is 10.3. The Bertz CT molecular complexity index is 1320. The molecule has 1 N–H and O–H groups in total. The fourth-order valence-electron chi connectivity index (χ4n) is 3.25. The van der Waals surface area contributed by atoms with E-state index in [-0.39, 0.29) is 12.4 Å². The van der Waals surface area contributed by atoms with Gasteiger partial charge in [0.15, 0.2) is 11.5 Å². The van der Waals surface area contributed by atoms with Crippen molar-refractivity contribution in [2.75, 3.05) is 12.0 Å². The summed E-state index contributed by atoms with van der Waals surface area (Å²) in [5.74, 6) is 1.34. The van der Waals surface area contributed by atoms with Gasteiger partial charge in [-0.25, -0.2) is 9.07 Å². The lowest BCUT2D eigenvalue weighted by atomic mass is 10.2. The minimum Gasteiger partial charge on any atom is -0.490 e. The van der Waals surface area contributed by atoms with Crippen LogP contribution < -0.4 is 14.9 Å². The Morgan fingerprint density at radius 1 is 0.972 bits per heavy atom. The Balaban J connectivity index is 1.42. The van der Waals surface area contributed by atoms with Gasteiger partial charge in [0.25, 0.3) is 0 Å². The summed E-state index contributed by atoms with van der Waals surface area (Å²) in [6.07, 6.45) is 1.59. The molecule has 0 saturated heterocycles. The van der Waals surface area contributed by atoms with Crippen LogP contribution >= 0.6 is 46.6 Å². The molecule has 0 spiro atoms. The van der Waals surface area contributed by atoms with Gasteiger partial charge >= 0.3 is 0 Å². The summed E-state index contributed by atoms with van der Waals surface area (Å²) >= 11 is 20.3. The average molecular weight is 568 g/mol. The minimum atomic E-state index is -0.260. The second-order valence-electron chi connectivity index (χ2n) is 7.60. The van der Waals surface area contributed by atoms with Gasteiger partial charge in [0, 0.05) is 21.4 Å². The van der Waals surface area contributed by atoms with Crippen LogP contribution in [0.1, 0.15) is 23.6 Å². The minimum absolute atomic E-state index is 0.211. The predicted octanol–water partition coefficient (Wildman–Crippen LogP) is 7.39. The van der Waals surface area contributed by atoms with Crippen molar-refractivity contribution < 1.29 is 13.9 Å². The highest BCUT2D eigenvalue weighted by Crippen LogP contribution is 2.38. The van der Waals surface area contributed by atoms with Crippen molar-refractivity contribution in [2.45, 2.75) is 31.0 Å². The van der Waals surface area contributed by atoms with Gasteiger partial charge in [-0.15, -0.1) is 10.2 Å². The number of hydrogen-bond donors (Lipinski definition) is 1. The first kappa shape index (κ1) is 26.4. The molecule has 0 atom stereocenters. The fourth-order valence-corrected chi connectivity index (χ4v) is 4.85. The van der Waals surface area contributed by atoms with Crippen LogP contribution in [0.4, 0.5) is 4.39 Å². The van der Waals surface area contributed by atoms with Crippen LogP contribution in [0.25, 0.3) is 0 Å². The van der Waals surface area contributed by atoms with E-state index in [4.69, 9.17) is 44.3 Å². The molecule has 3 aromatic carbocycles. The summed E-state index contributed by atoms with van der Waals surface area (Å²) in [6, 6.07) is 15.3. The third-order valence-corrected chi connectivity index (χ3v) is 6.89. The van der Waals surface area contributed by atoms with Gasteiger partial charge in [-0.2, -0.15) is 0 Å². The molecule has 0 aliphatic carbocycles. The van der Waals surface area contributed by atoms with Crippen molar-refractivity contribution in [3.63, 3.8) is 0 Å². The van der Waals surface area contributed by atoms with E-state index in [0.29, 0.717) is 50.6 Å². The van der Waals surface area contributed by atoms with Crippen LogP contribution in [0.2, 0.25) is 15.1 Å². The monoisotopic (exact) mass is 566 g/mol. The fraction of sp³-hybridized carbons (Fsp3) is 0.200. The normalized spacial score (nSPS) is 10.9. The van der Waals surface area contributed by atoms with E-state index in [1.54, 1.807) is 35.3 Å². The SMILES string of the molecule is CCOc1cc(CNn2cnnc2SCc2ccc(F)cc2)cc(Cl)c1OCc1ccc(Cl)cc1Cl. The first-order chi connectivity index (χ1) is 17.4. The van der Waals surface area contributed by atoms with Crippen molar-refractivity contribution in [2.24, 2.45) is 0 Å². The third-order valence-electron chi connectivity index (χ3n) is 5.01. The quantitative estimate of drug-likeness (QED) is 0.191. The van der Waals surface area contributed by atoms with Gasteiger partial charge in [-0.1, -0.05) is 64.8 Å². The van der Waals surface area contributed by atoms with Crippen molar-refractivity contribution in [1.29, 1.82) is 0 Å². The third kappa shape index (κ3) is 6.97. The summed E-state index contributed by atoms with van der Waals surface area (Å²) in [5.41, 5.74) is 5.91. The average Bonchev–Trinajstić information content (AvgIpc) is 3.30. The molecule has 0 fully saturated rings. The van der Waals surface area contributed by atoms with Crippen LogP contribution in [-0.2, 0) is 18.9 Å². The molecule has 6 nitrogen and oxygen atoms in total. The first-order valence-corrected chi connectivity index (χ1v) is 13.1. The number of halogens is 4. The molecule has 4 aromatic rings. The molecule has 0 radical (unpaired) electrons. The van der Waals surface area contributed by atoms with E-state index >= 15 is 0 Å². The highest BCUT2D eigenvalue weighted by molar-refractivity contribution is 7.98. The molecule has 36 heavy (non-hydrogen) atoms. The van der Waals surface area contributed by atoms with E-state index in [1.807, 2.05) is 25.1 Å². The number of nitrogens with zero attached hydrogens (tertiary/aromatic N) is 3. The second kappa shape index (κ2) is 12.5. The Hall–Kier alpha value is -2.65. The molecular formula is C25H22Cl3FN4O2S. The number of benzene rings is 3.